The van der Waals surface area contributed by atoms with Crippen LogP contribution in [0.5, 0.6) is 0 Å². The van der Waals surface area contributed by atoms with Crippen LogP contribution < -0.4 is 0 Å². The molecular formula is C25H22FN3O4S. The van der Waals surface area contributed by atoms with Gasteiger partial charge in [-0.15, -0.1) is 0 Å². The molecule has 0 unspecified atom stereocenters. The van der Waals surface area contributed by atoms with Gasteiger partial charge in [0.1, 0.15) is 17.3 Å². The molecule has 0 bridgehead atoms. The molecule has 34 heavy (non-hydrogen) atoms. The average molecular weight is 480 g/mol. The van der Waals surface area contributed by atoms with Gasteiger partial charge in [0.15, 0.2) is 5.76 Å². The molecule has 0 radical (unpaired) electrons. The molecule has 0 aliphatic carbocycles. The molecule has 5 rings (SSSR count). The van der Waals surface area contributed by atoms with Crippen LogP contribution in [0.15, 0.2) is 76.0 Å². The van der Waals surface area contributed by atoms with E-state index < -0.39 is 15.8 Å². The van der Waals surface area contributed by atoms with Crippen molar-refractivity contribution in [1.82, 2.24) is 14.2 Å². The van der Waals surface area contributed by atoms with Crippen molar-refractivity contribution in [3.63, 3.8) is 0 Å². The number of aromatic nitrogens is 1. The second-order valence-electron chi connectivity index (χ2n) is 8.14. The van der Waals surface area contributed by atoms with Crippen molar-refractivity contribution in [2.75, 3.05) is 26.2 Å². The lowest BCUT2D eigenvalue weighted by molar-refractivity contribution is 0.0700. The molecule has 4 aromatic rings. The number of carbonyl (C=O) groups is 1. The number of nitrogens with zero attached hydrogens (tertiary/aromatic N) is 3. The zero-order chi connectivity index (χ0) is 23.9. The number of carbonyl (C=O) groups excluding carboxylic acids is 1. The van der Waals surface area contributed by atoms with Crippen molar-refractivity contribution in [1.29, 1.82) is 0 Å². The number of furan rings is 1. The maximum Gasteiger partial charge on any atom is 0.254 e. The number of rotatable bonds is 4. The quantitative estimate of drug-likeness (QED) is 0.440. The van der Waals surface area contributed by atoms with Gasteiger partial charge in [-0.3, -0.25) is 4.79 Å². The Morgan fingerprint density at radius 2 is 1.74 bits per heavy atom. The van der Waals surface area contributed by atoms with Crippen molar-refractivity contribution >= 4 is 26.8 Å². The Balaban J connectivity index is 1.41. The number of benzene rings is 2. The predicted molar refractivity (Wildman–Crippen MR) is 125 cm³/mol. The summed E-state index contributed by atoms with van der Waals surface area (Å²) >= 11 is 0. The Morgan fingerprint density at radius 3 is 2.44 bits per heavy atom. The van der Waals surface area contributed by atoms with Crippen LogP contribution in [0.25, 0.3) is 22.4 Å². The Morgan fingerprint density at radius 1 is 0.971 bits per heavy atom. The molecule has 3 heterocycles. The van der Waals surface area contributed by atoms with E-state index in [1.165, 1.54) is 22.5 Å². The first kappa shape index (κ1) is 22.2. The molecular weight excluding hydrogens is 457 g/mol. The third kappa shape index (κ3) is 4.08. The third-order valence-electron chi connectivity index (χ3n) is 5.90. The van der Waals surface area contributed by atoms with Crippen LogP contribution in [0.4, 0.5) is 4.39 Å². The number of aryl methyl sites for hydroxylation is 1. The van der Waals surface area contributed by atoms with Gasteiger partial charge in [-0.2, -0.15) is 4.31 Å². The lowest BCUT2D eigenvalue weighted by Gasteiger charge is -2.34. The number of para-hydroxylation sites is 1. The van der Waals surface area contributed by atoms with Gasteiger partial charge in [-0.25, -0.2) is 17.8 Å². The van der Waals surface area contributed by atoms with E-state index in [9.17, 15) is 17.6 Å². The molecule has 1 aliphatic rings. The van der Waals surface area contributed by atoms with E-state index in [0.29, 0.717) is 27.9 Å². The van der Waals surface area contributed by atoms with Gasteiger partial charge >= 0.3 is 0 Å². The fourth-order valence-electron chi connectivity index (χ4n) is 4.13. The highest BCUT2D eigenvalue weighted by Crippen LogP contribution is 2.28. The number of hydrogen-bond donors (Lipinski definition) is 0. The van der Waals surface area contributed by atoms with Gasteiger partial charge in [-0.1, -0.05) is 24.3 Å². The monoisotopic (exact) mass is 479 g/mol. The molecule has 2 aromatic carbocycles. The summed E-state index contributed by atoms with van der Waals surface area (Å²) in [6.45, 7) is 2.53. The fraction of sp³-hybridized carbons (Fsp3) is 0.200. The summed E-state index contributed by atoms with van der Waals surface area (Å²) in [6.07, 6.45) is 0. The summed E-state index contributed by atoms with van der Waals surface area (Å²) in [7, 11) is -3.84. The van der Waals surface area contributed by atoms with Crippen molar-refractivity contribution < 1.29 is 22.0 Å². The molecule has 7 nitrogen and oxygen atoms in total. The fourth-order valence-corrected chi connectivity index (χ4v) is 5.58. The zero-order valence-electron chi connectivity index (χ0n) is 18.4. The zero-order valence-corrected chi connectivity index (χ0v) is 19.3. The maximum atomic E-state index is 13.6. The third-order valence-corrected chi connectivity index (χ3v) is 7.79. The number of amides is 1. The van der Waals surface area contributed by atoms with E-state index in [1.807, 2.05) is 43.3 Å². The highest BCUT2D eigenvalue weighted by atomic mass is 32.2. The molecule has 1 fully saturated rings. The van der Waals surface area contributed by atoms with Crippen LogP contribution in [0, 0.1) is 12.7 Å². The summed E-state index contributed by atoms with van der Waals surface area (Å²) in [5.74, 6) is 0.504. The first-order chi connectivity index (χ1) is 16.3. The average Bonchev–Trinajstić information content (AvgIpc) is 3.29. The van der Waals surface area contributed by atoms with Gasteiger partial charge in [0, 0.05) is 31.6 Å². The molecule has 1 saturated heterocycles. The van der Waals surface area contributed by atoms with Crippen LogP contribution >= 0.6 is 0 Å². The van der Waals surface area contributed by atoms with Gasteiger partial charge in [0.05, 0.1) is 16.0 Å². The highest BCUT2D eigenvalue weighted by Gasteiger charge is 2.31. The number of sulfonamides is 1. The Hall–Kier alpha value is -3.56. The predicted octanol–water partition coefficient (Wildman–Crippen LogP) is 4.09. The summed E-state index contributed by atoms with van der Waals surface area (Å²) in [5, 5.41) is 0.717. The van der Waals surface area contributed by atoms with Gasteiger partial charge in [0.25, 0.3) is 5.91 Å². The molecule has 0 atom stereocenters. The van der Waals surface area contributed by atoms with E-state index >= 15 is 0 Å². The van der Waals surface area contributed by atoms with Crippen LogP contribution in [-0.2, 0) is 10.0 Å². The summed E-state index contributed by atoms with van der Waals surface area (Å²) in [4.78, 5) is 19.7. The number of fused-ring (bicyclic) bond motifs is 1. The van der Waals surface area contributed by atoms with Crippen LogP contribution in [0.2, 0.25) is 0 Å². The first-order valence-corrected chi connectivity index (χ1v) is 12.3. The molecule has 174 valence electrons. The number of pyridine rings is 1. The summed E-state index contributed by atoms with van der Waals surface area (Å²) in [5.41, 5.74) is 1.71. The second-order valence-corrected chi connectivity index (χ2v) is 10.1. The summed E-state index contributed by atoms with van der Waals surface area (Å²) in [6, 6.07) is 17.7. The van der Waals surface area contributed by atoms with E-state index in [1.54, 1.807) is 11.0 Å². The lowest BCUT2D eigenvalue weighted by Crippen LogP contribution is -2.50. The van der Waals surface area contributed by atoms with Gasteiger partial charge in [0.2, 0.25) is 10.0 Å². The second kappa shape index (κ2) is 8.66. The van der Waals surface area contributed by atoms with E-state index in [0.717, 1.165) is 11.8 Å². The van der Waals surface area contributed by atoms with Gasteiger partial charge < -0.3 is 9.32 Å². The van der Waals surface area contributed by atoms with Gasteiger partial charge in [-0.05, 0) is 49.4 Å². The number of piperazine rings is 1. The standard InChI is InChI=1S/C25H22FN3O4S/c1-17-9-10-24(33-17)23-16-21(20-7-2-3-8-22(20)27-23)25(30)28-11-13-29(14-12-28)34(31,32)19-6-4-5-18(26)15-19/h2-10,15-16H,11-14H2,1H3. The van der Waals surface area contributed by atoms with E-state index in [4.69, 9.17) is 4.42 Å². The number of halogens is 1. The minimum atomic E-state index is -3.84. The Labute approximate surface area is 196 Å². The first-order valence-electron chi connectivity index (χ1n) is 10.8. The lowest BCUT2D eigenvalue weighted by atomic mass is 10.1. The van der Waals surface area contributed by atoms with Crippen molar-refractivity contribution in [3.8, 4) is 11.5 Å². The van der Waals surface area contributed by atoms with Crippen molar-refractivity contribution in [2.24, 2.45) is 0 Å². The van der Waals surface area contributed by atoms with Crippen molar-refractivity contribution in [2.45, 2.75) is 11.8 Å². The Kier molecular flexibility index (Phi) is 5.66. The van der Waals surface area contributed by atoms with E-state index in [2.05, 4.69) is 4.98 Å². The molecule has 2 aromatic heterocycles. The maximum absolute atomic E-state index is 13.6. The minimum Gasteiger partial charge on any atom is -0.460 e. The highest BCUT2D eigenvalue weighted by molar-refractivity contribution is 7.89. The molecule has 0 spiro atoms. The largest absolute Gasteiger partial charge is 0.460 e. The SMILES string of the molecule is Cc1ccc(-c2cc(C(=O)N3CCN(S(=O)(=O)c4cccc(F)c4)CC3)c3ccccc3n2)o1. The Bertz CT molecular complexity index is 1490. The molecule has 0 N–H and O–H groups in total. The summed E-state index contributed by atoms with van der Waals surface area (Å²) < 4.78 is 46.4. The minimum absolute atomic E-state index is 0.0919. The van der Waals surface area contributed by atoms with Crippen molar-refractivity contribution in [3.05, 3.63) is 83.9 Å². The normalized spacial score (nSPS) is 15.1. The molecule has 9 heteroatoms. The van der Waals surface area contributed by atoms with Crippen LogP contribution in [-0.4, -0.2) is 54.7 Å². The topological polar surface area (TPSA) is 83.7 Å². The molecule has 1 aliphatic heterocycles. The van der Waals surface area contributed by atoms with Crippen LogP contribution in [0.1, 0.15) is 16.1 Å². The smallest absolute Gasteiger partial charge is 0.254 e. The van der Waals surface area contributed by atoms with E-state index in [-0.39, 0.29) is 37.0 Å². The molecule has 0 saturated carbocycles. The molecule has 1 amide bonds. The van der Waals surface area contributed by atoms with Crippen LogP contribution in [0.3, 0.4) is 0 Å². The number of hydrogen-bond acceptors (Lipinski definition) is 5.